The second-order valence-corrected chi connectivity index (χ2v) is 9.78. The average molecular weight is 498 g/mol. The quantitative estimate of drug-likeness (QED) is 0.322. The summed E-state index contributed by atoms with van der Waals surface area (Å²) in [6.45, 7) is 3.35. The monoisotopic (exact) mass is 497 g/mol. The lowest BCUT2D eigenvalue weighted by atomic mass is 10.1. The molecule has 0 unspecified atom stereocenters. The van der Waals surface area contributed by atoms with Gasteiger partial charge in [0.1, 0.15) is 11.5 Å². The average Bonchev–Trinajstić information content (AvgIpc) is 2.87. The molecule has 3 aromatic rings. The van der Waals surface area contributed by atoms with Gasteiger partial charge < -0.3 is 14.2 Å². The van der Waals surface area contributed by atoms with Crippen LogP contribution in [0.3, 0.4) is 0 Å². The van der Waals surface area contributed by atoms with E-state index in [9.17, 15) is 18.0 Å². The summed E-state index contributed by atoms with van der Waals surface area (Å²) >= 11 is 0. The molecule has 0 saturated carbocycles. The molecular weight excluding hydrogens is 470 g/mol. The minimum atomic E-state index is -3.93. The summed E-state index contributed by atoms with van der Waals surface area (Å²) in [5.74, 6) is -0.504. The molecule has 0 heterocycles. The lowest BCUT2D eigenvalue weighted by Gasteiger charge is -2.20. The third-order valence-electron chi connectivity index (χ3n) is 5.45. The second kappa shape index (κ2) is 10.6. The summed E-state index contributed by atoms with van der Waals surface area (Å²) in [6.07, 6.45) is -1.14. The molecule has 184 valence electrons. The Kier molecular flexibility index (Phi) is 7.81. The van der Waals surface area contributed by atoms with Crippen LogP contribution >= 0.6 is 0 Å². The van der Waals surface area contributed by atoms with Crippen molar-refractivity contribution in [1.82, 2.24) is 0 Å². The number of benzene rings is 3. The van der Waals surface area contributed by atoms with Gasteiger partial charge in [-0.15, -0.1) is 0 Å². The Hall–Kier alpha value is -3.85. The lowest BCUT2D eigenvalue weighted by molar-refractivity contribution is 0.0317. The maximum atomic E-state index is 13.1. The molecule has 1 atom stereocenters. The topological polar surface area (TPSA) is 99.2 Å². The second-order valence-electron chi connectivity index (χ2n) is 7.81. The molecule has 0 aliphatic rings. The maximum Gasteiger partial charge on any atom is 0.338 e. The summed E-state index contributed by atoms with van der Waals surface area (Å²) in [6, 6.07) is 17.2. The van der Waals surface area contributed by atoms with Crippen molar-refractivity contribution in [1.29, 1.82) is 0 Å². The fourth-order valence-corrected chi connectivity index (χ4v) is 4.58. The number of sulfonamides is 1. The van der Waals surface area contributed by atoms with Crippen LogP contribution in [0.1, 0.15) is 33.2 Å². The number of aryl methyl sites for hydroxylation is 1. The predicted molar refractivity (Wildman–Crippen MR) is 132 cm³/mol. The molecular formula is C26H27NO7S. The van der Waals surface area contributed by atoms with Crippen LogP contribution in [0.5, 0.6) is 11.5 Å². The van der Waals surface area contributed by atoms with E-state index in [2.05, 4.69) is 0 Å². The standard InChI is InChI=1S/C26H27NO7S/c1-17-9-11-20(12-10-17)27(3)35(30,31)22-8-6-7-19(15-22)26(29)34-18(2)25(28)23-14-13-21(32-4)16-24(23)33-5/h6-16,18H,1-5H3/t18-/m0/s1. The molecule has 0 radical (unpaired) electrons. The van der Waals surface area contributed by atoms with Crippen molar-refractivity contribution in [3.05, 3.63) is 83.4 Å². The highest BCUT2D eigenvalue weighted by Crippen LogP contribution is 2.27. The molecule has 0 N–H and O–H groups in total. The summed E-state index contributed by atoms with van der Waals surface area (Å²) in [5, 5.41) is 0. The highest BCUT2D eigenvalue weighted by molar-refractivity contribution is 7.92. The van der Waals surface area contributed by atoms with Gasteiger partial charge in [0, 0.05) is 13.1 Å². The Morgan fingerprint density at radius 3 is 2.23 bits per heavy atom. The third-order valence-corrected chi connectivity index (χ3v) is 7.23. The number of carbonyl (C=O) groups excluding carboxylic acids is 2. The van der Waals surface area contributed by atoms with Gasteiger partial charge in [0.25, 0.3) is 10.0 Å². The summed E-state index contributed by atoms with van der Waals surface area (Å²) < 4.78 is 43.1. The first kappa shape index (κ1) is 25.8. The Balaban J connectivity index is 1.80. The van der Waals surface area contributed by atoms with E-state index >= 15 is 0 Å². The number of methoxy groups -OCH3 is 2. The van der Waals surface area contributed by atoms with Crippen molar-refractivity contribution in [3.63, 3.8) is 0 Å². The lowest BCUT2D eigenvalue weighted by Crippen LogP contribution is -2.27. The van der Waals surface area contributed by atoms with Crippen LogP contribution in [0.2, 0.25) is 0 Å². The van der Waals surface area contributed by atoms with Gasteiger partial charge >= 0.3 is 5.97 Å². The fourth-order valence-electron chi connectivity index (χ4n) is 3.34. The Morgan fingerprint density at radius 2 is 1.60 bits per heavy atom. The van der Waals surface area contributed by atoms with Crippen molar-refractivity contribution in [2.45, 2.75) is 24.8 Å². The first-order valence-corrected chi connectivity index (χ1v) is 12.2. The van der Waals surface area contributed by atoms with E-state index in [-0.39, 0.29) is 21.8 Å². The molecule has 3 aromatic carbocycles. The highest BCUT2D eigenvalue weighted by Gasteiger charge is 2.26. The SMILES string of the molecule is COc1ccc(C(=O)[C@H](C)OC(=O)c2cccc(S(=O)(=O)N(C)c3ccc(C)cc3)c2)c(OC)c1. The molecule has 0 amide bonds. The maximum absolute atomic E-state index is 13.1. The highest BCUT2D eigenvalue weighted by atomic mass is 32.2. The summed E-state index contributed by atoms with van der Waals surface area (Å²) in [5.41, 5.74) is 1.71. The minimum absolute atomic E-state index is 0.00438. The van der Waals surface area contributed by atoms with E-state index in [4.69, 9.17) is 14.2 Å². The predicted octanol–water partition coefficient (Wildman–Crippen LogP) is 4.27. The molecule has 0 spiro atoms. The fraction of sp³-hybridized carbons (Fsp3) is 0.231. The number of hydrogen-bond acceptors (Lipinski definition) is 7. The molecule has 8 nitrogen and oxygen atoms in total. The zero-order chi connectivity index (χ0) is 25.8. The van der Waals surface area contributed by atoms with Crippen LogP contribution in [-0.4, -0.2) is 47.5 Å². The van der Waals surface area contributed by atoms with Crippen LogP contribution in [-0.2, 0) is 14.8 Å². The molecule has 3 rings (SSSR count). The Bertz CT molecular complexity index is 1330. The number of esters is 1. The van der Waals surface area contributed by atoms with Crippen molar-refractivity contribution in [2.75, 3.05) is 25.6 Å². The largest absolute Gasteiger partial charge is 0.497 e. The molecule has 0 aromatic heterocycles. The Morgan fingerprint density at radius 1 is 0.914 bits per heavy atom. The van der Waals surface area contributed by atoms with Crippen LogP contribution in [0.25, 0.3) is 0 Å². The number of rotatable bonds is 9. The van der Waals surface area contributed by atoms with Crippen LogP contribution in [0.4, 0.5) is 5.69 Å². The number of ketones is 1. The molecule has 35 heavy (non-hydrogen) atoms. The number of nitrogens with zero attached hydrogens (tertiary/aromatic N) is 1. The van der Waals surface area contributed by atoms with Gasteiger partial charge in [-0.1, -0.05) is 23.8 Å². The van der Waals surface area contributed by atoms with Crippen molar-refractivity contribution < 1.29 is 32.2 Å². The normalized spacial score (nSPS) is 11.9. The van der Waals surface area contributed by atoms with Gasteiger partial charge in [0.05, 0.1) is 35.9 Å². The number of ether oxygens (including phenoxy) is 3. The molecule has 0 aliphatic carbocycles. The first-order chi connectivity index (χ1) is 16.6. The van der Waals surface area contributed by atoms with E-state index in [1.165, 1.54) is 58.5 Å². The Labute approximate surface area is 205 Å². The number of carbonyl (C=O) groups is 2. The number of anilines is 1. The number of Topliss-reactive ketones (excluding diaryl/α,β-unsaturated/α-hetero) is 1. The van der Waals surface area contributed by atoms with Gasteiger partial charge in [-0.25, -0.2) is 13.2 Å². The smallest absolute Gasteiger partial charge is 0.338 e. The molecule has 0 bridgehead atoms. The number of hydrogen-bond donors (Lipinski definition) is 0. The molecule has 0 saturated heterocycles. The first-order valence-electron chi connectivity index (χ1n) is 10.7. The van der Waals surface area contributed by atoms with Gasteiger partial charge in [0.15, 0.2) is 6.10 Å². The van der Waals surface area contributed by atoms with Crippen molar-refractivity contribution in [2.24, 2.45) is 0 Å². The van der Waals surface area contributed by atoms with Crippen LogP contribution in [0.15, 0.2) is 71.6 Å². The van der Waals surface area contributed by atoms with Crippen LogP contribution in [0, 0.1) is 6.92 Å². The van der Waals surface area contributed by atoms with E-state index in [0.29, 0.717) is 11.4 Å². The van der Waals surface area contributed by atoms with Crippen molar-refractivity contribution in [3.8, 4) is 11.5 Å². The van der Waals surface area contributed by atoms with E-state index in [1.54, 1.807) is 24.3 Å². The van der Waals surface area contributed by atoms with Gasteiger partial charge in [-0.05, 0) is 56.3 Å². The summed E-state index contributed by atoms with van der Waals surface area (Å²) in [7, 11) is 0.416. The molecule has 9 heteroatoms. The van der Waals surface area contributed by atoms with E-state index in [1.807, 2.05) is 19.1 Å². The zero-order valence-corrected chi connectivity index (χ0v) is 21.0. The van der Waals surface area contributed by atoms with Crippen LogP contribution < -0.4 is 13.8 Å². The van der Waals surface area contributed by atoms with Gasteiger partial charge in [0.2, 0.25) is 5.78 Å². The minimum Gasteiger partial charge on any atom is -0.497 e. The van der Waals surface area contributed by atoms with Gasteiger partial charge in [-0.3, -0.25) is 9.10 Å². The molecule has 0 fully saturated rings. The van der Waals surface area contributed by atoms with E-state index < -0.39 is 27.9 Å². The molecule has 0 aliphatic heterocycles. The van der Waals surface area contributed by atoms with E-state index in [0.717, 1.165) is 9.87 Å². The summed E-state index contributed by atoms with van der Waals surface area (Å²) in [4.78, 5) is 25.6. The zero-order valence-electron chi connectivity index (χ0n) is 20.1. The third kappa shape index (κ3) is 5.63. The van der Waals surface area contributed by atoms with Crippen molar-refractivity contribution >= 4 is 27.5 Å². The van der Waals surface area contributed by atoms with Gasteiger partial charge in [-0.2, -0.15) is 0 Å².